The number of benzene rings is 1. The van der Waals surface area contributed by atoms with E-state index in [-0.39, 0.29) is 0 Å². The van der Waals surface area contributed by atoms with Gasteiger partial charge in [0.25, 0.3) is 0 Å². The molecule has 0 aliphatic heterocycles. The van der Waals surface area contributed by atoms with Crippen LogP contribution < -0.4 is 10.9 Å². The summed E-state index contributed by atoms with van der Waals surface area (Å²) in [5.74, 6) is 0.339. The first-order valence-electron chi connectivity index (χ1n) is 6.89. The van der Waals surface area contributed by atoms with Crippen molar-refractivity contribution in [3.63, 3.8) is 0 Å². The lowest BCUT2D eigenvalue weighted by Crippen LogP contribution is -2.34. The van der Waals surface area contributed by atoms with E-state index in [4.69, 9.17) is 20.8 Å². The van der Waals surface area contributed by atoms with Gasteiger partial charge in [-0.05, 0) is 45.2 Å². The summed E-state index contributed by atoms with van der Waals surface area (Å²) in [5, 5.41) is 3.97. The first-order chi connectivity index (χ1) is 10.2. The molecule has 2 aromatic rings. The maximum atomic E-state index is 12.0. The number of hydrogen-bond donors (Lipinski definition) is 1. The minimum atomic E-state index is -0.596. The number of rotatable bonds is 2. The van der Waals surface area contributed by atoms with Crippen LogP contribution in [0.4, 0.5) is 4.79 Å². The fourth-order valence-corrected chi connectivity index (χ4v) is 2.25. The van der Waals surface area contributed by atoms with Gasteiger partial charge in [0.2, 0.25) is 0 Å². The van der Waals surface area contributed by atoms with E-state index in [9.17, 15) is 9.59 Å². The molecule has 0 saturated carbocycles. The lowest BCUT2D eigenvalue weighted by molar-refractivity contribution is 0.0501. The lowest BCUT2D eigenvalue weighted by Gasteiger charge is -2.21. The minimum Gasteiger partial charge on any atom is -0.444 e. The van der Waals surface area contributed by atoms with Crippen molar-refractivity contribution in [1.82, 2.24) is 5.32 Å². The molecule has 0 bridgehead atoms. The summed E-state index contributed by atoms with van der Waals surface area (Å²) >= 11 is 6.00. The van der Waals surface area contributed by atoms with Gasteiger partial charge in [-0.25, -0.2) is 9.59 Å². The fraction of sp³-hybridized carbons (Fsp3) is 0.375. The average Bonchev–Trinajstić information content (AvgIpc) is 2.35. The Hall–Kier alpha value is -2.01. The van der Waals surface area contributed by atoms with E-state index >= 15 is 0 Å². The van der Waals surface area contributed by atoms with Crippen LogP contribution in [0.5, 0.6) is 0 Å². The van der Waals surface area contributed by atoms with Crippen molar-refractivity contribution in [2.24, 2.45) is 0 Å². The van der Waals surface area contributed by atoms with Gasteiger partial charge in [0.15, 0.2) is 0 Å². The van der Waals surface area contributed by atoms with Crippen molar-refractivity contribution >= 4 is 28.5 Å². The third-order valence-electron chi connectivity index (χ3n) is 2.92. The van der Waals surface area contributed by atoms with Crippen molar-refractivity contribution in [3.05, 3.63) is 45.5 Å². The highest BCUT2D eigenvalue weighted by molar-refractivity contribution is 6.35. The topological polar surface area (TPSA) is 68.5 Å². The Bertz CT molecular complexity index is 761. The Morgan fingerprint density at radius 3 is 2.68 bits per heavy atom. The van der Waals surface area contributed by atoms with E-state index in [1.54, 1.807) is 52.0 Å². The summed E-state index contributed by atoms with van der Waals surface area (Å²) in [6, 6.07) is 6.32. The molecule has 1 N–H and O–H groups in total. The smallest absolute Gasteiger partial charge is 0.408 e. The Balaban J connectivity index is 2.28. The van der Waals surface area contributed by atoms with Crippen LogP contribution in [0.1, 0.15) is 39.5 Å². The zero-order valence-corrected chi connectivity index (χ0v) is 13.7. The molecular formula is C16H18ClNO4. The predicted molar refractivity (Wildman–Crippen MR) is 85.3 cm³/mol. The number of alkyl carbamates (subject to hydrolysis) is 1. The van der Waals surface area contributed by atoms with Crippen LogP contribution in [0.25, 0.3) is 10.8 Å². The molecule has 0 unspecified atom stereocenters. The van der Waals surface area contributed by atoms with Crippen molar-refractivity contribution < 1.29 is 13.9 Å². The monoisotopic (exact) mass is 323 g/mol. The summed E-state index contributed by atoms with van der Waals surface area (Å²) < 4.78 is 10.4. The molecule has 1 heterocycles. The van der Waals surface area contributed by atoms with Crippen LogP contribution in [-0.2, 0) is 4.74 Å². The molecule has 0 saturated heterocycles. The van der Waals surface area contributed by atoms with Gasteiger partial charge in [-0.2, -0.15) is 0 Å². The predicted octanol–water partition coefficient (Wildman–Crippen LogP) is 4.03. The van der Waals surface area contributed by atoms with Crippen LogP contribution in [0.3, 0.4) is 0 Å². The maximum Gasteiger partial charge on any atom is 0.408 e. The summed E-state index contributed by atoms with van der Waals surface area (Å²) in [5.41, 5.74) is -1.13. The Morgan fingerprint density at radius 2 is 2.05 bits per heavy atom. The number of halogens is 1. The molecule has 5 nitrogen and oxygen atoms in total. The highest BCUT2D eigenvalue weighted by atomic mass is 35.5. The normalized spacial score (nSPS) is 13.0. The second-order valence-corrected chi connectivity index (χ2v) is 6.42. The first-order valence-corrected chi connectivity index (χ1v) is 7.27. The maximum absolute atomic E-state index is 12.0. The molecule has 1 amide bonds. The van der Waals surface area contributed by atoms with Gasteiger partial charge in [-0.15, -0.1) is 0 Å². The van der Waals surface area contributed by atoms with E-state index in [1.165, 1.54) is 0 Å². The second-order valence-electron chi connectivity index (χ2n) is 6.01. The van der Waals surface area contributed by atoms with Gasteiger partial charge in [-0.1, -0.05) is 23.7 Å². The van der Waals surface area contributed by atoms with Gasteiger partial charge < -0.3 is 14.5 Å². The third-order valence-corrected chi connectivity index (χ3v) is 3.23. The molecule has 1 aromatic heterocycles. The van der Waals surface area contributed by atoms with E-state index in [0.717, 1.165) is 0 Å². The van der Waals surface area contributed by atoms with E-state index < -0.39 is 23.4 Å². The zero-order valence-electron chi connectivity index (χ0n) is 12.9. The highest BCUT2D eigenvalue weighted by Crippen LogP contribution is 2.23. The molecular weight excluding hydrogens is 306 g/mol. The molecule has 1 atom stereocenters. The molecule has 0 radical (unpaired) electrons. The second kappa shape index (κ2) is 6.01. The van der Waals surface area contributed by atoms with Gasteiger partial charge >= 0.3 is 11.7 Å². The van der Waals surface area contributed by atoms with Gasteiger partial charge in [0.05, 0.1) is 16.5 Å². The summed E-state index contributed by atoms with van der Waals surface area (Å²) in [6.07, 6.45) is -0.575. The Labute approximate surface area is 133 Å². The van der Waals surface area contributed by atoms with Crippen LogP contribution >= 0.6 is 11.6 Å². The van der Waals surface area contributed by atoms with Crippen LogP contribution in [0.15, 0.2) is 33.5 Å². The van der Waals surface area contributed by atoms with Gasteiger partial charge in [-0.3, -0.25) is 0 Å². The van der Waals surface area contributed by atoms with Gasteiger partial charge in [0, 0.05) is 0 Å². The van der Waals surface area contributed by atoms with E-state index in [2.05, 4.69) is 5.32 Å². The summed E-state index contributed by atoms with van der Waals surface area (Å²) in [6.45, 7) is 7.03. The minimum absolute atomic E-state index is 0.331. The number of amides is 1. The van der Waals surface area contributed by atoms with Crippen LogP contribution in [-0.4, -0.2) is 11.7 Å². The largest absolute Gasteiger partial charge is 0.444 e. The van der Waals surface area contributed by atoms with Crippen molar-refractivity contribution in [2.45, 2.75) is 39.3 Å². The zero-order chi connectivity index (χ0) is 16.5. The molecule has 0 fully saturated rings. The standard InChI is InChI=1S/C16H18ClNO4/c1-9(18-15(20)22-16(2,3)4)12-8-10-6-5-7-11(17)13(10)14(19)21-12/h5-9H,1-4H3,(H,18,20)/t9-/m0/s1. The molecule has 6 heteroatoms. The number of carbonyl (C=O) groups is 1. The van der Waals surface area contributed by atoms with Crippen molar-refractivity contribution in [2.75, 3.05) is 0 Å². The lowest BCUT2D eigenvalue weighted by atomic mass is 10.1. The van der Waals surface area contributed by atoms with E-state index in [1.807, 2.05) is 0 Å². The quantitative estimate of drug-likeness (QED) is 0.905. The first kappa shape index (κ1) is 16.4. The SMILES string of the molecule is C[C@H](NC(=O)OC(C)(C)C)c1cc2cccc(Cl)c2c(=O)o1. The van der Waals surface area contributed by atoms with Crippen LogP contribution in [0.2, 0.25) is 5.02 Å². The molecule has 1 aromatic carbocycles. The molecule has 0 spiro atoms. The molecule has 118 valence electrons. The summed E-state index contributed by atoms with van der Waals surface area (Å²) in [7, 11) is 0. The molecule has 0 aliphatic rings. The van der Waals surface area contributed by atoms with Gasteiger partial charge in [0.1, 0.15) is 11.4 Å². The number of carbonyl (C=O) groups excluding carboxylic acids is 1. The Morgan fingerprint density at radius 1 is 1.36 bits per heavy atom. The molecule has 22 heavy (non-hydrogen) atoms. The number of ether oxygens (including phenoxy) is 1. The Kier molecular flexibility index (Phi) is 4.47. The van der Waals surface area contributed by atoms with Crippen molar-refractivity contribution in [1.29, 1.82) is 0 Å². The fourth-order valence-electron chi connectivity index (χ4n) is 1.99. The highest BCUT2D eigenvalue weighted by Gasteiger charge is 2.20. The van der Waals surface area contributed by atoms with Crippen LogP contribution in [0, 0.1) is 0 Å². The average molecular weight is 324 g/mol. The molecule has 0 aliphatic carbocycles. The summed E-state index contributed by atoms with van der Waals surface area (Å²) in [4.78, 5) is 23.8. The van der Waals surface area contributed by atoms with Crippen molar-refractivity contribution in [3.8, 4) is 0 Å². The number of nitrogens with one attached hydrogen (secondary N) is 1. The van der Waals surface area contributed by atoms with E-state index in [0.29, 0.717) is 21.6 Å². The third kappa shape index (κ3) is 3.80. The molecule has 2 rings (SSSR count). The number of hydrogen-bond acceptors (Lipinski definition) is 4. The number of fused-ring (bicyclic) bond motifs is 1.